The highest BCUT2D eigenvalue weighted by atomic mass is 19.4. The Bertz CT molecular complexity index is 1610. The minimum absolute atomic E-state index is 0.00882. The summed E-state index contributed by atoms with van der Waals surface area (Å²) in [6.45, 7) is 0.577. The zero-order chi connectivity index (χ0) is 28.9. The van der Waals surface area contributed by atoms with Crippen molar-refractivity contribution in [1.29, 1.82) is 0 Å². The number of methoxy groups -OCH3 is 1. The molecule has 1 aliphatic rings. The van der Waals surface area contributed by atoms with Gasteiger partial charge < -0.3 is 26.2 Å². The molecule has 0 fully saturated rings. The van der Waals surface area contributed by atoms with Crippen LogP contribution in [0.15, 0.2) is 60.8 Å². The van der Waals surface area contributed by atoms with Gasteiger partial charge in [0.05, 0.1) is 36.3 Å². The standard InChI is InChI=1S/C28H25F4N5O3/c1-26(33)13-35-24-19(26)12-21(37-23(24)15-5-7-18(29)8-6-15)27(39,28(30,31)32)14-36-25(38)17-10-16-4-3-9-34-22(16)20(11-17)40-2/h3-12,35,39H,13-14,33H2,1-2H3,(H,36,38)/t26-,27-/m1/s1. The number of anilines is 1. The second kappa shape index (κ2) is 9.72. The number of carbonyl (C=O) groups excluding carboxylic acids is 1. The Balaban J connectivity index is 1.56. The Morgan fingerprint density at radius 1 is 1.20 bits per heavy atom. The van der Waals surface area contributed by atoms with Crippen LogP contribution in [0.25, 0.3) is 22.2 Å². The SMILES string of the molecule is COc1cc(C(=O)NC[C@@](O)(c2cc3c(c(-c4ccc(F)cc4)n2)NC[C@@]3(C)N)C(F)(F)F)cc2cccnc12. The van der Waals surface area contributed by atoms with E-state index in [2.05, 4.69) is 20.6 Å². The van der Waals surface area contributed by atoms with E-state index in [1.807, 2.05) is 0 Å². The summed E-state index contributed by atoms with van der Waals surface area (Å²) >= 11 is 0. The van der Waals surface area contributed by atoms with Crippen LogP contribution in [0.1, 0.15) is 28.5 Å². The second-order valence-corrected chi connectivity index (χ2v) is 9.85. The number of ether oxygens (including phenoxy) is 1. The fraction of sp³-hybridized carbons (Fsp3) is 0.250. The van der Waals surface area contributed by atoms with E-state index in [9.17, 15) is 27.5 Å². The van der Waals surface area contributed by atoms with E-state index in [0.29, 0.717) is 22.2 Å². The average Bonchev–Trinajstić information content (AvgIpc) is 3.24. The minimum Gasteiger partial charge on any atom is -0.494 e. The molecule has 2 aromatic heterocycles. The molecule has 4 aromatic rings. The molecule has 2 atom stereocenters. The van der Waals surface area contributed by atoms with Crippen LogP contribution in [0.2, 0.25) is 0 Å². The Morgan fingerprint density at radius 2 is 1.93 bits per heavy atom. The Morgan fingerprint density at radius 3 is 2.60 bits per heavy atom. The van der Waals surface area contributed by atoms with E-state index in [4.69, 9.17) is 10.5 Å². The van der Waals surface area contributed by atoms with Gasteiger partial charge in [0.15, 0.2) is 0 Å². The lowest BCUT2D eigenvalue weighted by Gasteiger charge is -2.31. The monoisotopic (exact) mass is 555 g/mol. The van der Waals surface area contributed by atoms with Crippen molar-refractivity contribution in [2.45, 2.75) is 24.2 Å². The number of nitrogens with two attached hydrogens (primary N) is 1. The van der Waals surface area contributed by atoms with Crippen molar-refractivity contribution in [3.63, 3.8) is 0 Å². The van der Waals surface area contributed by atoms with E-state index >= 15 is 0 Å². The summed E-state index contributed by atoms with van der Waals surface area (Å²) in [4.78, 5) is 21.4. The number of nitrogens with zero attached hydrogens (tertiary/aromatic N) is 2. The quantitative estimate of drug-likeness (QED) is 0.263. The van der Waals surface area contributed by atoms with Crippen molar-refractivity contribution in [1.82, 2.24) is 15.3 Å². The van der Waals surface area contributed by atoms with Crippen LogP contribution in [0.3, 0.4) is 0 Å². The van der Waals surface area contributed by atoms with Gasteiger partial charge in [0, 0.05) is 34.8 Å². The number of hydrogen-bond donors (Lipinski definition) is 4. The summed E-state index contributed by atoms with van der Waals surface area (Å²) in [5, 5.41) is 16.9. The van der Waals surface area contributed by atoms with Gasteiger partial charge in [-0.2, -0.15) is 13.2 Å². The summed E-state index contributed by atoms with van der Waals surface area (Å²) in [6, 6.07) is 12.2. The number of halogens is 4. The molecule has 12 heteroatoms. The van der Waals surface area contributed by atoms with E-state index in [1.165, 1.54) is 31.4 Å². The second-order valence-electron chi connectivity index (χ2n) is 9.85. The summed E-state index contributed by atoms with van der Waals surface area (Å²) in [5.41, 5.74) is 2.43. The fourth-order valence-corrected chi connectivity index (χ4v) is 4.66. The first kappa shape index (κ1) is 27.3. The van der Waals surface area contributed by atoms with Gasteiger partial charge in [-0.1, -0.05) is 6.07 Å². The first-order valence-electron chi connectivity index (χ1n) is 12.2. The number of carbonyl (C=O) groups is 1. The van der Waals surface area contributed by atoms with Crippen LogP contribution in [0, 0.1) is 5.82 Å². The summed E-state index contributed by atoms with van der Waals surface area (Å²) in [5.74, 6) is -1.16. The molecule has 40 heavy (non-hydrogen) atoms. The number of benzene rings is 2. The molecule has 1 aliphatic heterocycles. The number of rotatable bonds is 6. The zero-order valence-electron chi connectivity index (χ0n) is 21.4. The van der Waals surface area contributed by atoms with Crippen LogP contribution in [-0.4, -0.2) is 47.4 Å². The fourth-order valence-electron chi connectivity index (χ4n) is 4.66. The lowest BCUT2D eigenvalue weighted by Crippen LogP contribution is -2.51. The number of alkyl halides is 3. The molecule has 0 saturated heterocycles. The zero-order valence-corrected chi connectivity index (χ0v) is 21.4. The molecule has 2 aromatic carbocycles. The molecule has 1 amide bonds. The highest BCUT2D eigenvalue weighted by molar-refractivity contribution is 5.99. The number of aromatic nitrogens is 2. The molecule has 0 aliphatic carbocycles. The van der Waals surface area contributed by atoms with Crippen LogP contribution in [0.5, 0.6) is 5.75 Å². The number of amides is 1. The van der Waals surface area contributed by atoms with Gasteiger partial charge in [0.25, 0.3) is 5.91 Å². The molecule has 0 radical (unpaired) electrons. The topological polar surface area (TPSA) is 122 Å². The number of fused-ring (bicyclic) bond motifs is 2. The van der Waals surface area contributed by atoms with Crippen molar-refractivity contribution in [2.75, 3.05) is 25.5 Å². The van der Waals surface area contributed by atoms with Crippen LogP contribution < -0.4 is 21.1 Å². The first-order valence-corrected chi connectivity index (χ1v) is 12.2. The minimum atomic E-state index is -5.25. The maximum absolute atomic E-state index is 14.5. The molecule has 8 nitrogen and oxygen atoms in total. The molecule has 208 valence electrons. The van der Waals surface area contributed by atoms with Gasteiger partial charge in [-0.25, -0.2) is 9.37 Å². The summed E-state index contributed by atoms with van der Waals surface area (Å²) in [7, 11) is 1.38. The number of pyridine rings is 2. The van der Waals surface area contributed by atoms with Gasteiger partial charge in [-0.3, -0.25) is 9.78 Å². The lowest BCUT2D eigenvalue weighted by atomic mass is 9.89. The molecule has 3 heterocycles. The highest BCUT2D eigenvalue weighted by Crippen LogP contribution is 2.45. The molecule has 5 N–H and O–H groups in total. The third kappa shape index (κ3) is 4.69. The maximum Gasteiger partial charge on any atom is 0.424 e. The van der Waals surface area contributed by atoms with Gasteiger partial charge in [0.2, 0.25) is 5.60 Å². The Hall–Kier alpha value is -4.29. The van der Waals surface area contributed by atoms with Crippen molar-refractivity contribution in [2.24, 2.45) is 5.73 Å². The Kier molecular flexibility index (Phi) is 6.63. The molecule has 0 saturated carbocycles. The molecule has 0 unspecified atom stereocenters. The van der Waals surface area contributed by atoms with Gasteiger partial charge in [0.1, 0.15) is 17.1 Å². The smallest absolute Gasteiger partial charge is 0.424 e. The average molecular weight is 556 g/mol. The largest absolute Gasteiger partial charge is 0.494 e. The predicted molar refractivity (Wildman–Crippen MR) is 140 cm³/mol. The summed E-state index contributed by atoms with van der Waals surface area (Å²) in [6.07, 6.45) is -3.71. The molecule has 5 rings (SSSR count). The van der Waals surface area contributed by atoms with Crippen LogP contribution in [0.4, 0.5) is 23.2 Å². The number of nitrogens with one attached hydrogen (secondary N) is 2. The van der Waals surface area contributed by atoms with Crippen LogP contribution >= 0.6 is 0 Å². The van der Waals surface area contributed by atoms with Crippen molar-refractivity contribution in [3.05, 3.63) is 83.4 Å². The van der Waals surface area contributed by atoms with E-state index < -0.39 is 41.3 Å². The van der Waals surface area contributed by atoms with Crippen molar-refractivity contribution in [3.8, 4) is 17.0 Å². The molecular formula is C28H25F4N5O3. The third-order valence-electron chi connectivity index (χ3n) is 6.93. The van der Waals surface area contributed by atoms with E-state index in [1.54, 1.807) is 25.3 Å². The molecular weight excluding hydrogens is 530 g/mol. The summed E-state index contributed by atoms with van der Waals surface area (Å²) < 4.78 is 62.5. The predicted octanol–water partition coefficient (Wildman–Crippen LogP) is 4.22. The van der Waals surface area contributed by atoms with Crippen LogP contribution in [-0.2, 0) is 11.1 Å². The van der Waals surface area contributed by atoms with Crippen molar-refractivity contribution < 1.29 is 32.2 Å². The lowest BCUT2D eigenvalue weighted by molar-refractivity contribution is -0.265. The van der Waals surface area contributed by atoms with Gasteiger partial charge >= 0.3 is 6.18 Å². The highest BCUT2D eigenvalue weighted by Gasteiger charge is 2.57. The normalized spacial score (nSPS) is 18.1. The van der Waals surface area contributed by atoms with Gasteiger partial charge in [-0.15, -0.1) is 0 Å². The number of hydrogen-bond acceptors (Lipinski definition) is 7. The number of aliphatic hydroxyl groups is 1. The molecule has 0 spiro atoms. The molecule has 0 bridgehead atoms. The third-order valence-corrected chi connectivity index (χ3v) is 6.93. The van der Waals surface area contributed by atoms with E-state index in [0.717, 1.165) is 18.2 Å². The van der Waals surface area contributed by atoms with Crippen molar-refractivity contribution >= 4 is 22.5 Å². The Labute approximate surface area is 226 Å². The van der Waals surface area contributed by atoms with E-state index in [-0.39, 0.29) is 29.1 Å². The van der Waals surface area contributed by atoms with Gasteiger partial charge in [-0.05, 0) is 55.5 Å². The maximum atomic E-state index is 14.5. The first-order chi connectivity index (χ1) is 18.8.